The van der Waals surface area contributed by atoms with Crippen LogP contribution in [0.2, 0.25) is 0 Å². The molecule has 1 aliphatic heterocycles. The highest BCUT2D eigenvalue weighted by Crippen LogP contribution is 2.15. The zero-order valence-corrected chi connectivity index (χ0v) is 13.0. The predicted molar refractivity (Wildman–Crippen MR) is 82.3 cm³/mol. The lowest BCUT2D eigenvalue weighted by Gasteiger charge is -2.24. The zero-order valence-electron chi connectivity index (χ0n) is 12.2. The minimum atomic E-state index is 0.158. The van der Waals surface area contributed by atoms with Crippen LogP contribution in [0, 0.1) is 6.92 Å². The van der Waals surface area contributed by atoms with Gasteiger partial charge in [-0.3, -0.25) is 4.79 Å². The van der Waals surface area contributed by atoms with Crippen molar-refractivity contribution in [1.29, 1.82) is 0 Å². The number of carbonyl (C=O) groups excluding carboxylic acids is 1. The van der Waals surface area contributed by atoms with Crippen LogP contribution in [0.25, 0.3) is 0 Å². The molecule has 21 heavy (non-hydrogen) atoms. The Morgan fingerprint density at radius 1 is 1.52 bits per heavy atom. The van der Waals surface area contributed by atoms with E-state index < -0.39 is 0 Å². The molecule has 3 rings (SSSR count). The number of amides is 1. The highest BCUT2D eigenvalue weighted by molar-refractivity contribution is 7.09. The Morgan fingerprint density at radius 3 is 3.24 bits per heavy atom. The number of rotatable bonds is 5. The molecule has 2 aromatic rings. The summed E-state index contributed by atoms with van der Waals surface area (Å²) in [5.74, 6) is 2.13. The second kappa shape index (κ2) is 6.39. The predicted octanol–water partition coefficient (Wildman–Crippen LogP) is 2.10. The summed E-state index contributed by atoms with van der Waals surface area (Å²) in [4.78, 5) is 13.4. The van der Waals surface area contributed by atoms with Crippen LogP contribution in [-0.2, 0) is 24.2 Å². The number of carbonyl (C=O) groups is 1. The third-order valence-corrected chi connectivity index (χ3v) is 4.84. The van der Waals surface area contributed by atoms with E-state index >= 15 is 0 Å². The number of hydrogen-bond donors (Lipinski definition) is 1. The summed E-state index contributed by atoms with van der Waals surface area (Å²) in [6, 6.07) is 4.39. The summed E-state index contributed by atoms with van der Waals surface area (Å²) >= 11 is 1.76. The van der Waals surface area contributed by atoms with E-state index in [2.05, 4.69) is 37.6 Å². The van der Waals surface area contributed by atoms with Crippen molar-refractivity contribution in [3.05, 3.63) is 34.0 Å². The number of nitrogens with one attached hydrogen (secondary N) is 1. The van der Waals surface area contributed by atoms with Crippen molar-refractivity contribution >= 4 is 17.2 Å². The molecule has 0 aromatic carbocycles. The maximum atomic E-state index is 12.0. The third kappa shape index (κ3) is 3.50. The average molecular weight is 304 g/mol. The Labute approximate surface area is 128 Å². The summed E-state index contributed by atoms with van der Waals surface area (Å²) in [7, 11) is 0. The Bertz CT molecular complexity index is 605. The number of thiophene rings is 1. The van der Waals surface area contributed by atoms with Crippen molar-refractivity contribution < 1.29 is 4.79 Å². The Hall–Kier alpha value is -1.69. The van der Waals surface area contributed by atoms with E-state index in [0.717, 1.165) is 43.9 Å². The minimum Gasteiger partial charge on any atom is -0.352 e. The Morgan fingerprint density at radius 2 is 2.43 bits per heavy atom. The van der Waals surface area contributed by atoms with Crippen molar-refractivity contribution in [3.63, 3.8) is 0 Å². The molecule has 2 aromatic heterocycles. The topological polar surface area (TPSA) is 59.8 Å². The van der Waals surface area contributed by atoms with E-state index in [1.165, 1.54) is 4.88 Å². The average Bonchev–Trinajstić information content (AvgIpc) is 3.10. The van der Waals surface area contributed by atoms with E-state index in [1.54, 1.807) is 11.3 Å². The molecule has 1 amide bonds. The van der Waals surface area contributed by atoms with Gasteiger partial charge in [0.15, 0.2) is 0 Å². The van der Waals surface area contributed by atoms with Gasteiger partial charge in [0.2, 0.25) is 5.91 Å². The number of aryl methyl sites for hydroxylation is 3. The molecule has 0 saturated heterocycles. The van der Waals surface area contributed by atoms with Gasteiger partial charge in [0, 0.05) is 30.3 Å². The molecule has 5 nitrogen and oxygen atoms in total. The van der Waals surface area contributed by atoms with Crippen molar-refractivity contribution in [2.45, 2.75) is 51.6 Å². The molecule has 0 saturated carbocycles. The molecule has 1 atom stereocenters. The van der Waals surface area contributed by atoms with Crippen LogP contribution in [0.3, 0.4) is 0 Å². The van der Waals surface area contributed by atoms with Crippen LogP contribution in [-0.4, -0.2) is 26.7 Å². The molecular weight excluding hydrogens is 284 g/mol. The lowest BCUT2D eigenvalue weighted by molar-refractivity contribution is -0.122. The SMILES string of the molecule is Cc1nnc2n1C[C@H](NC(=O)CCCc1cccs1)CC2. The van der Waals surface area contributed by atoms with Gasteiger partial charge in [-0.1, -0.05) is 6.07 Å². The number of nitrogens with zero attached hydrogens (tertiary/aromatic N) is 3. The monoisotopic (exact) mass is 304 g/mol. The van der Waals surface area contributed by atoms with Crippen molar-refractivity contribution in [3.8, 4) is 0 Å². The standard InChI is InChI=1S/C15H20N4OS/c1-11-17-18-14-8-7-12(10-19(11)14)16-15(20)6-2-4-13-5-3-9-21-13/h3,5,9,12H,2,4,6-8,10H2,1H3,(H,16,20)/t12-/m1/s1. The summed E-state index contributed by atoms with van der Waals surface area (Å²) in [6.07, 6.45) is 4.35. The molecule has 3 heterocycles. The molecule has 1 N–H and O–H groups in total. The zero-order chi connectivity index (χ0) is 14.7. The van der Waals surface area contributed by atoms with E-state index in [-0.39, 0.29) is 11.9 Å². The van der Waals surface area contributed by atoms with Gasteiger partial charge in [0.05, 0.1) is 0 Å². The Kier molecular flexibility index (Phi) is 4.34. The molecule has 0 fully saturated rings. The minimum absolute atomic E-state index is 0.158. The summed E-state index contributed by atoms with van der Waals surface area (Å²) < 4.78 is 2.11. The van der Waals surface area contributed by atoms with Gasteiger partial charge in [0.1, 0.15) is 11.6 Å². The molecule has 1 aliphatic rings. The number of hydrogen-bond acceptors (Lipinski definition) is 4. The molecule has 0 aliphatic carbocycles. The van der Waals surface area contributed by atoms with Crippen molar-refractivity contribution in [1.82, 2.24) is 20.1 Å². The van der Waals surface area contributed by atoms with Crippen LogP contribution >= 0.6 is 11.3 Å². The molecule has 0 radical (unpaired) electrons. The Balaban J connectivity index is 1.44. The van der Waals surface area contributed by atoms with Gasteiger partial charge in [0.25, 0.3) is 0 Å². The fourth-order valence-electron chi connectivity index (χ4n) is 2.76. The van der Waals surface area contributed by atoms with Gasteiger partial charge in [-0.25, -0.2) is 0 Å². The van der Waals surface area contributed by atoms with Crippen molar-refractivity contribution in [2.24, 2.45) is 0 Å². The van der Waals surface area contributed by atoms with Gasteiger partial charge in [-0.2, -0.15) is 0 Å². The molecule has 0 bridgehead atoms. The van der Waals surface area contributed by atoms with Crippen LogP contribution < -0.4 is 5.32 Å². The van der Waals surface area contributed by atoms with Gasteiger partial charge in [-0.15, -0.1) is 21.5 Å². The fraction of sp³-hybridized carbons (Fsp3) is 0.533. The normalized spacial score (nSPS) is 17.5. The summed E-state index contributed by atoms with van der Waals surface area (Å²) in [6.45, 7) is 2.76. The highest BCUT2D eigenvalue weighted by atomic mass is 32.1. The molecule has 0 unspecified atom stereocenters. The van der Waals surface area contributed by atoms with E-state index in [9.17, 15) is 4.79 Å². The summed E-state index contributed by atoms with van der Waals surface area (Å²) in [5.41, 5.74) is 0. The number of aromatic nitrogens is 3. The van der Waals surface area contributed by atoms with E-state index in [4.69, 9.17) is 0 Å². The first-order chi connectivity index (χ1) is 10.2. The van der Waals surface area contributed by atoms with Gasteiger partial charge >= 0.3 is 0 Å². The van der Waals surface area contributed by atoms with Crippen LogP contribution in [0.1, 0.15) is 35.8 Å². The quantitative estimate of drug-likeness (QED) is 0.920. The van der Waals surface area contributed by atoms with Crippen LogP contribution in [0.15, 0.2) is 17.5 Å². The van der Waals surface area contributed by atoms with Gasteiger partial charge < -0.3 is 9.88 Å². The molecule has 0 spiro atoms. The van der Waals surface area contributed by atoms with Crippen LogP contribution in [0.5, 0.6) is 0 Å². The first-order valence-electron chi connectivity index (χ1n) is 7.43. The maximum Gasteiger partial charge on any atom is 0.220 e. The molecule has 112 valence electrons. The largest absolute Gasteiger partial charge is 0.352 e. The molecular formula is C15H20N4OS. The fourth-order valence-corrected chi connectivity index (χ4v) is 3.51. The van der Waals surface area contributed by atoms with Crippen LogP contribution in [0.4, 0.5) is 0 Å². The third-order valence-electron chi connectivity index (χ3n) is 3.90. The lowest BCUT2D eigenvalue weighted by Crippen LogP contribution is -2.41. The highest BCUT2D eigenvalue weighted by Gasteiger charge is 2.22. The van der Waals surface area contributed by atoms with Gasteiger partial charge in [-0.05, 0) is 37.6 Å². The van der Waals surface area contributed by atoms with E-state index in [0.29, 0.717) is 6.42 Å². The lowest BCUT2D eigenvalue weighted by atomic mass is 10.1. The second-order valence-corrected chi connectivity index (χ2v) is 6.54. The molecule has 6 heteroatoms. The number of fused-ring (bicyclic) bond motifs is 1. The first kappa shape index (κ1) is 14.3. The van der Waals surface area contributed by atoms with Crippen molar-refractivity contribution in [2.75, 3.05) is 0 Å². The smallest absolute Gasteiger partial charge is 0.220 e. The second-order valence-electron chi connectivity index (χ2n) is 5.51. The van der Waals surface area contributed by atoms with E-state index in [1.807, 2.05) is 6.92 Å². The first-order valence-corrected chi connectivity index (χ1v) is 8.31. The summed E-state index contributed by atoms with van der Waals surface area (Å²) in [5, 5.41) is 13.5. The maximum absolute atomic E-state index is 12.0.